The predicted molar refractivity (Wildman–Crippen MR) is 73.3 cm³/mol. The van der Waals surface area contributed by atoms with E-state index >= 15 is 0 Å². The number of carboxylic acids is 1. The van der Waals surface area contributed by atoms with Crippen molar-refractivity contribution in [1.82, 2.24) is 10.3 Å². The van der Waals surface area contributed by atoms with Crippen LogP contribution in [0.1, 0.15) is 32.5 Å². The lowest BCUT2D eigenvalue weighted by atomic mass is 10.1. The monoisotopic (exact) mass is 284 g/mol. The average Bonchev–Trinajstić information content (AvgIpc) is 2.91. The molecule has 1 aromatic heterocycles. The summed E-state index contributed by atoms with van der Waals surface area (Å²) in [5.41, 5.74) is 1.14. The maximum Gasteiger partial charge on any atom is 0.354 e. The van der Waals surface area contributed by atoms with Crippen molar-refractivity contribution < 1.29 is 19.4 Å². The maximum absolute atomic E-state index is 12.1. The zero-order chi connectivity index (χ0) is 14.8. The molecule has 1 atom stereocenters. The Morgan fingerprint density at radius 2 is 2.05 bits per heavy atom. The lowest BCUT2D eigenvalue weighted by molar-refractivity contribution is 0.0689. The third-order valence-corrected chi connectivity index (χ3v) is 3.25. The molecule has 21 heavy (non-hydrogen) atoms. The number of aromatic nitrogens is 1. The molecular weight excluding hydrogens is 272 g/mol. The highest BCUT2D eigenvalue weighted by Crippen LogP contribution is 2.31. The predicted octanol–water partition coefficient (Wildman–Crippen LogP) is 1.64. The van der Waals surface area contributed by atoms with Crippen molar-refractivity contribution in [3.63, 3.8) is 0 Å². The molecule has 3 rings (SSSR count). The molecule has 1 aromatic carbocycles. The summed E-state index contributed by atoms with van der Waals surface area (Å²) in [6.45, 7) is 0.381. The van der Waals surface area contributed by atoms with Gasteiger partial charge >= 0.3 is 5.97 Å². The summed E-state index contributed by atoms with van der Waals surface area (Å²) in [5, 5.41) is 11.6. The van der Waals surface area contributed by atoms with Gasteiger partial charge in [0.1, 0.15) is 18.1 Å². The van der Waals surface area contributed by atoms with Crippen LogP contribution in [0.25, 0.3) is 0 Å². The SMILES string of the molecule is O=C(N[C@@H]1COc2ccccc21)c1ccc(C(=O)O)nc1. The first-order chi connectivity index (χ1) is 10.1. The first-order valence-corrected chi connectivity index (χ1v) is 6.37. The Morgan fingerprint density at radius 3 is 2.76 bits per heavy atom. The topological polar surface area (TPSA) is 88.5 Å². The molecule has 0 aliphatic carbocycles. The lowest BCUT2D eigenvalue weighted by Gasteiger charge is -2.11. The van der Waals surface area contributed by atoms with E-state index in [9.17, 15) is 9.59 Å². The van der Waals surface area contributed by atoms with Gasteiger partial charge in [-0.2, -0.15) is 0 Å². The molecule has 6 nitrogen and oxygen atoms in total. The highest BCUT2D eigenvalue weighted by Gasteiger charge is 2.25. The van der Waals surface area contributed by atoms with E-state index in [4.69, 9.17) is 9.84 Å². The summed E-state index contributed by atoms with van der Waals surface area (Å²) < 4.78 is 5.49. The molecule has 0 bridgehead atoms. The molecule has 2 aromatic rings. The van der Waals surface area contributed by atoms with Crippen LogP contribution in [0.5, 0.6) is 5.75 Å². The van der Waals surface area contributed by atoms with Gasteiger partial charge in [-0.1, -0.05) is 18.2 Å². The Labute approximate surface area is 120 Å². The van der Waals surface area contributed by atoms with Gasteiger partial charge < -0.3 is 15.2 Å². The van der Waals surface area contributed by atoms with E-state index in [-0.39, 0.29) is 17.6 Å². The number of nitrogens with zero attached hydrogens (tertiary/aromatic N) is 1. The van der Waals surface area contributed by atoms with Crippen LogP contribution < -0.4 is 10.1 Å². The first-order valence-electron chi connectivity index (χ1n) is 6.37. The van der Waals surface area contributed by atoms with Gasteiger partial charge in [-0.15, -0.1) is 0 Å². The molecule has 1 amide bonds. The van der Waals surface area contributed by atoms with Crippen molar-refractivity contribution in [2.24, 2.45) is 0 Å². The van der Waals surface area contributed by atoms with Crippen LogP contribution in [0.2, 0.25) is 0 Å². The molecular formula is C15H12N2O4. The lowest BCUT2D eigenvalue weighted by Crippen LogP contribution is -2.29. The minimum Gasteiger partial charge on any atom is -0.491 e. The minimum atomic E-state index is -1.12. The van der Waals surface area contributed by atoms with Crippen LogP contribution in [-0.4, -0.2) is 28.6 Å². The number of aromatic carboxylic acids is 1. The van der Waals surface area contributed by atoms with Gasteiger partial charge in [0.15, 0.2) is 0 Å². The average molecular weight is 284 g/mol. The number of hydrogen-bond acceptors (Lipinski definition) is 4. The molecule has 2 N–H and O–H groups in total. The Kier molecular flexibility index (Phi) is 3.27. The van der Waals surface area contributed by atoms with Crippen molar-refractivity contribution in [3.8, 4) is 5.75 Å². The first kappa shape index (κ1) is 13.1. The summed E-state index contributed by atoms with van der Waals surface area (Å²) >= 11 is 0. The molecule has 0 fully saturated rings. The van der Waals surface area contributed by atoms with Gasteiger partial charge in [0.05, 0.1) is 11.6 Å². The Morgan fingerprint density at radius 1 is 1.24 bits per heavy atom. The smallest absolute Gasteiger partial charge is 0.354 e. The highest BCUT2D eigenvalue weighted by molar-refractivity contribution is 5.95. The highest BCUT2D eigenvalue weighted by atomic mass is 16.5. The van der Waals surface area contributed by atoms with Crippen molar-refractivity contribution in [1.29, 1.82) is 0 Å². The van der Waals surface area contributed by atoms with Crippen LogP contribution in [0.4, 0.5) is 0 Å². The van der Waals surface area contributed by atoms with E-state index < -0.39 is 5.97 Å². The Bertz CT molecular complexity index is 697. The number of carbonyl (C=O) groups is 2. The molecule has 0 radical (unpaired) electrons. The number of pyridine rings is 1. The number of fused-ring (bicyclic) bond motifs is 1. The standard InChI is InChI=1S/C15H12N2O4/c18-14(9-5-6-11(15(19)20)16-7-9)17-12-8-21-13-4-2-1-3-10(12)13/h1-7,12H,8H2,(H,17,18)(H,19,20)/t12-/m1/s1. The van der Waals surface area contributed by atoms with E-state index in [1.807, 2.05) is 24.3 Å². The number of benzene rings is 1. The Balaban J connectivity index is 1.74. The van der Waals surface area contributed by atoms with E-state index in [0.29, 0.717) is 12.2 Å². The van der Waals surface area contributed by atoms with Crippen molar-refractivity contribution in [3.05, 3.63) is 59.4 Å². The van der Waals surface area contributed by atoms with Gasteiger partial charge in [0, 0.05) is 11.8 Å². The molecule has 0 saturated heterocycles. The quantitative estimate of drug-likeness (QED) is 0.894. The second-order valence-electron chi connectivity index (χ2n) is 4.61. The van der Waals surface area contributed by atoms with E-state index in [1.165, 1.54) is 18.3 Å². The van der Waals surface area contributed by atoms with Gasteiger partial charge in [-0.3, -0.25) is 4.79 Å². The summed E-state index contributed by atoms with van der Waals surface area (Å²) in [7, 11) is 0. The Hall–Kier alpha value is -2.89. The second kappa shape index (κ2) is 5.24. The largest absolute Gasteiger partial charge is 0.491 e. The van der Waals surface area contributed by atoms with Crippen LogP contribution in [-0.2, 0) is 0 Å². The van der Waals surface area contributed by atoms with Crippen LogP contribution in [0, 0.1) is 0 Å². The maximum atomic E-state index is 12.1. The zero-order valence-electron chi connectivity index (χ0n) is 10.9. The number of nitrogens with one attached hydrogen (secondary N) is 1. The summed E-state index contributed by atoms with van der Waals surface area (Å²) in [6, 6.07) is 10.0. The third kappa shape index (κ3) is 2.55. The fourth-order valence-electron chi connectivity index (χ4n) is 2.18. The number of para-hydroxylation sites is 1. The fourth-order valence-corrected chi connectivity index (χ4v) is 2.18. The van der Waals surface area contributed by atoms with Crippen molar-refractivity contribution >= 4 is 11.9 Å². The molecule has 0 saturated carbocycles. The molecule has 1 aliphatic rings. The molecule has 1 aliphatic heterocycles. The summed E-state index contributed by atoms with van der Waals surface area (Å²) in [4.78, 5) is 26.6. The second-order valence-corrected chi connectivity index (χ2v) is 4.61. The van der Waals surface area contributed by atoms with Gasteiger partial charge in [0.2, 0.25) is 0 Å². The zero-order valence-corrected chi connectivity index (χ0v) is 10.9. The number of hydrogen-bond donors (Lipinski definition) is 2. The number of ether oxygens (including phenoxy) is 1. The van der Waals surface area contributed by atoms with E-state index in [1.54, 1.807) is 0 Å². The molecule has 0 unspecified atom stereocenters. The van der Waals surface area contributed by atoms with Crippen LogP contribution >= 0.6 is 0 Å². The van der Waals surface area contributed by atoms with Crippen molar-refractivity contribution in [2.45, 2.75) is 6.04 Å². The van der Waals surface area contributed by atoms with Crippen LogP contribution in [0.15, 0.2) is 42.6 Å². The molecule has 106 valence electrons. The van der Waals surface area contributed by atoms with Gasteiger partial charge in [-0.05, 0) is 18.2 Å². The molecule has 2 heterocycles. The normalized spacial score (nSPS) is 15.9. The van der Waals surface area contributed by atoms with Crippen LogP contribution in [0.3, 0.4) is 0 Å². The third-order valence-electron chi connectivity index (χ3n) is 3.25. The minimum absolute atomic E-state index is 0.0962. The molecule has 0 spiro atoms. The van der Waals surface area contributed by atoms with Gasteiger partial charge in [0.25, 0.3) is 5.91 Å². The number of carbonyl (C=O) groups excluding carboxylic acids is 1. The number of rotatable bonds is 3. The van der Waals surface area contributed by atoms with Crippen molar-refractivity contribution in [2.75, 3.05) is 6.61 Å². The molecule has 6 heteroatoms. The van der Waals surface area contributed by atoms with E-state index in [0.717, 1.165) is 11.3 Å². The summed E-state index contributed by atoms with van der Waals surface area (Å²) in [6.07, 6.45) is 1.25. The number of amides is 1. The number of carboxylic acid groups (broad SMARTS) is 1. The summed E-state index contributed by atoms with van der Waals surface area (Å²) in [5.74, 6) is -0.674. The van der Waals surface area contributed by atoms with Gasteiger partial charge in [-0.25, -0.2) is 9.78 Å². The van der Waals surface area contributed by atoms with E-state index in [2.05, 4.69) is 10.3 Å². The fraction of sp³-hybridized carbons (Fsp3) is 0.133.